The largest absolute Gasteiger partial charge is 0.480 e. The van der Waals surface area contributed by atoms with Crippen LogP contribution in [-0.2, 0) is 4.74 Å². The Labute approximate surface area is 126 Å². The SMILES string of the molecule is COc1nc(OC2COC3(CCNCC3)C2)ncc1Br. The summed E-state index contributed by atoms with van der Waals surface area (Å²) in [4.78, 5) is 8.37. The Hall–Kier alpha value is -0.920. The quantitative estimate of drug-likeness (QED) is 0.897. The molecule has 0 amide bonds. The fraction of sp³-hybridized carbons (Fsp3) is 0.692. The van der Waals surface area contributed by atoms with Crippen molar-refractivity contribution in [3.05, 3.63) is 10.7 Å². The minimum atomic E-state index is -0.0185. The first kappa shape index (κ1) is 14.0. The van der Waals surface area contributed by atoms with E-state index in [1.165, 1.54) is 0 Å². The molecule has 20 heavy (non-hydrogen) atoms. The van der Waals surface area contributed by atoms with Crippen molar-refractivity contribution in [2.24, 2.45) is 0 Å². The van der Waals surface area contributed by atoms with Crippen molar-refractivity contribution in [3.8, 4) is 11.9 Å². The Kier molecular flexibility index (Phi) is 4.09. The molecule has 0 aromatic carbocycles. The maximum atomic E-state index is 5.99. The van der Waals surface area contributed by atoms with Crippen LogP contribution in [0.5, 0.6) is 11.9 Å². The van der Waals surface area contributed by atoms with Crippen LogP contribution in [0.2, 0.25) is 0 Å². The molecular weight excluding hydrogens is 326 g/mol. The average molecular weight is 344 g/mol. The Morgan fingerprint density at radius 3 is 3.00 bits per heavy atom. The van der Waals surface area contributed by atoms with Crippen molar-refractivity contribution in [2.75, 3.05) is 26.8 Å². The topological polar surface area (TPSA) is 65.5 Å². The minimum Gasteiger partial charge on any atom is -0.480 e. The molecule has 0 aliphatic carbocycles. The molecule has 0 radical (unpaired) electrons. The van der Waals surface area contributed by atoms with Gasteiger partial charge in [-0.2, -0.15) is 4.98 Å². The van der Waals surface area contributed by atoms with Gasteiger partial charge < -0.3 is 19.5 Å². The molecular formula is C13H18BrN3O3. The van der Waals surface area contributed by atoms with Gasteiger partial charge in [0.05, 0.1) is 30.0 Å². The average Bonchev–Trinajstić information content (AvgIpc) is 2.84. The van der Waals surface area contributed by atoms with E-state index in [0.717, 1.165) is 32.4 Å². The van der Waals surface area contributed by atoms with Gasteiger partial charge in [0.2, 0.25) is 5.88 Å². The van der Waals surface area contributed by atoms with E-state index in [1.807, 2.05) is 0 Å². The van der Waals surface area contributed by atoms with Gasteiger partial charge in [-0.15, -0.1) is 0 Å². The van der Waals surface area contributed by atoms with Gasteiger partial charge in [-0.3, -0.25) is 0 Å². The zero-order valence-corrected chi connectivity index (χ0v) is 13.0. The first-order valence-corrected chi connectivity index (χ1v) is 7.58. The van der Waals surface area contributed by atoms with Crippen molar-refractivity contribution in [2.45, 2.75) is 31.0 Å². The fourth-order valence-corrected chi connectivity index (χ4v) is 3.15. The van der Waals surface area contributed by atoms with Gasteiger partial charge in [-0.1, -0.05) is 0 Å². The second-order valence-electron chi connectivity index (χ2n) is 5.20. The van der Waals surface area contributed by atoms with Crippen molar-refractivity contribution in [1.82, 2.24) is 15.3 Å². The lowest BCUT2D eigenvalue weighted by Crippen LogP contribution is -2.41. The van der Waals surface area contributed by atoms with E-state index in [0.29, 0.717) is 23.0 Å². The number of rotatable bonds is 3. The number of aromatic nitrogens is 2. The number of hydrogen-bond acceptors (Lipinski definition) is 6. The molecule has 2 aliphatic heterocycles. The smallest absolute Gasteiger partial charge is 0.320 e. The number of methoxy groups -OCH3 is 1. The summed E-state index contributed by atoms with van der Waals surface area (Å²) in [5, 5.41) is 3.35. The molecule has 2 aliphatic rings. The van der Waals surface area contributed by atoms with Crippen molar-refractivity contribution in [1.29, 1.82) is 0 Å². The van der Waals surface area contributed by atoms with Crippen molar-refractivity contribution >= 4 is 15.9 Å². The van der Waals surface area contributed by atoms with Crippen LogP contribution in [0.25, 0.3) is 0 Å². The first-order chi connectivity index (χ1) is 9.71. The predicted molar refractivity (Wildman–Crippen MR) is 76.1 cm³/mol. The number of halogens is 1. The van der Waals surface area contributed by atoms with Gasteiger partial charge in [-0.05, 0) is 41.9 Å². The zero-order valence-electron chi connectivity index (χ0n) is 11.4. The Morgan fingerprint density at radius 2 is 2.25 bits per heavy atom. The fourth-order valence-electron chi connectivity index (χ4n) is 2.79. The highest BCUT2D eigenvalue weighted by Gasteiger charge is 2.42. The van der Waals surface area contributed by atoms with E-state index in [4.69, 9.17) is 14.2 Å². The molecule has 7 heteroatoms. The monoisotopic (exact) mass is 343 g/mol. The highest BCUT2D eigenvalue weighted by Crippen LogP contribution is 2.35. The van der Waals surface area contributed by atoms with E-state index in [1.54, 1.807) is 13.3 Å². The second kappa shape index (κ2) is 5.83. The maximum absolute atomic E-state index is 5.99. The third-order valence-corrected chi connectivity index (χ3v) is 4.39. The maximum Gasteiger partial charge on any atom is 0.320 e. The van der Waals surface area contributed by atoms with Gasteiger partial charge in [0, 0.05) is 6.42 Å². The number of nitrogens with one attached hydrogen (secondary N) is 1. The molecule has 110 valence electrons. The van der Waals surface area contributed by atoms with Crippen LogP contribution >= 0.6 is 15.9 Å². The molecule has 2 saturated heterocycles. The molecule has 1 aromatic heterocycles. The van der Waals surface area contributed by atoms with Crippen molar-refractivity contribution in [3.63, 3.8) is 0 Å². The van der Waals surface area contributed by atoms with Crippen molar-refractivity contribution < 1.29 is 14.2 Å². The van der Waals surface area contributed by atoms with Gasteiger partial charge in [-0.25, -0.2) is 4.98 Å². The third-order valence-electron chi connectivity index (χ3n) is 3.85. The van der Waals surface area contributed by atoms with E-state index in [-0.39, 0.29) is 11.7 Å². The van der Waals surface area contributed by atoms with Gasteiger partial charge in [0.25, 0.3) is 0 Å². The Bertz CT molecular complexity index is 480. The molecule has 1 unspecified atom stereocenters. The molecule has 0 saturated carbocycles. The normalized spacial score (nSPS) is 24.8. The van der Waals surface area contributed by atoms with Crippen LogP contribution in [0.4, 0.5) is 0 Å². The van der Waals surface area contributed by atoms with E-state index < -0.39 is 0 Å². The summed E-state index contributed by atoms with van der Waals surface area (Å²) < 4.78 is 17.7. The lowest BCUT2D eigenvalue weighted by Gasteiger charge is -2.32. The molecule has 6 nitrogen and oxygen atoms in total. The van der Waals surface area contributed by atoms with E-state index >= 15 is 0 Å². The van der Waals surface area contributed by atoms with Crippen LogP contribution in [0.15, 0.2) is 10.7 Å². The standard InChI is InChI=1S/C13H18BrN3O3/c1-18-11-10(14)7-16-12(17-11)20-9-6-13(19-8-9)2-4-15-5-3-13/h7,9,15H,2-6,8H2,1H3. The number of hydrogen-bond donors (Lipinski definition) is 1. The number of nitrogens with zero attached hydrogens (tertiary/aromatic N) is 2. The van der Waals surface area contributed by atoms with E-state index in [9.17, 15) is 0 Å². The minimum absolute atomic E-state index is 0.0129. The van der Waals surface area contributed by atoms with Crippen LogP contribution < -0.4 is 14.8 Å². The molecule has 1 N–H and O–H groups in total. The lowest BCUT2D eigenvalue weighted by atomic mass is 9.89. The molecule has 0 bridgehead atoms. The lowest BCUT2D eigenvalue weighted by molar-refractivity contribution is -0.0206. The Morgan fingerprint density at radius 1 is 1.45 bits per heavy atom. The Balaban J connectivity index is 1.64. The molecule has 1 aromatic rings. The summed E-state index contributed by atoms with van der Waals surface area (Å²) in [7, 11) is 1.57. The predicted octanol–water partition coefficient (Wildman–Crippen LogP) is 1.54. The van der Waals surface area contributed by atoms with E-state index in [2.05, 4.69) is 31.2 Å². The summed E-state index contributed by atoms with van der Waals surface area (Å²) in [6.07, 6.45) is 4.63. The van der Waals surface area contributed by atoms with Gasteiger partial charge >= 0.3 is 6.01 Å². The zero-order chi connectivity index (χ0) is 14.0. The summed E-state index contributed by atoms with van der Waals surface area (Å²) >= 11 is 3.32. The highest BCUT2D eigenvalue weighted by molar-refractivity contribution is 9.10. The summed E-state index contributed by atoms with van der Waals surface area (Å²) in [5.41, 5.74) is -0.0185. The van der Waals surface area contributed by atoms with Crippen LogP contribution in [0, 0.1) is 0 Å². The summed E-state index contributed by atoms with van der Waals surface area (Å²) in [6.45, 7) is 2.62. The van der Waals surface area contributed by atoms with Crippen LogP contribution in [0.3, 0.4) is 0 Å². The van der Waals surface area contributed by atoms with Gasteiger partial charge in [0.15, 0.2) is 0 Å². The molecule has 3 heterocycles. The molecule has 1 spiro atoms. The molecule has 2 fully saturated rings. The number of ether oxygens (including phenoxy) is 3. The highest BCUT2D eigenvalue weighted by atomic mass is 79.9. The third kappa shape index (κ3) is 2.89. The summed E-state index contributed by atoms with van der Waals surface area (Å²) in [5.74, 6) is 0.477. The molecule has 1 atom stereocenters. The van der Waals surface area contributed by atoms with Crippen LogP contribution in [0.1, 0.15) is 19.3 Å². The summed E-state index contributed by atoms with van der Waals surface area (Å²) in [6, 6.07) is 0.338. The first-order valence-electron chi connectivity index (χ1n) is 6.79. The van der Waals surface area contributed by atoms with Gasteiger partial charge in [0.1, 0.15) is 6.10 Å². The number of piperidine rings is 1. The second-order valence-corrected chi connectivity index (χ2v) is 6.05. The van der Waals surface area contributed by atoms with Crippen LogP contribution in [-0.4, -0.2) is 48.5 Å². The molecule has 3 rings (SSSR count).